The molecule has 110 valence electrons. The Bertz CT molecular complexity index is 670. The van der Waals surface area contributed by atoms with Gasteiger partial charge in [-0.25, -0.2) is 9.50 Å². The number of fused-ring (bicyclic) bond motifs is 1. The molecule has 6 heteroatoms. The van der Waals surface area contributed by atoms with Gasteiger partial charge in [0.15, 0.2) is 0 Å². The molecule has 0 unspecified atom stereocenters. The summed E-state index contributed by atoms with van der Waals surface area (Å²) in [6.07, 6.45) is 11.4. The third-order valence-corrected chi connectivity index (χ3v) is 3.69. The molecule has 3 rings (SSSR count). The number of aromatic nitrogens is 3. The molecule has 0 spiro atoms. The maximum absolute atomic E-state index is 7.52. The van der Waals surface area contributed by atoms with Gasteiger partial charge in [0.1, 0.15) is 11.6 Å². The molecule has 0 aliphatic heterocycles. The third-order valence-electron chi connectivity index (χ3n) is 3.69. The first-order chi connectivity index (χ1) is 10.3. The summed E-state index contributed by atoms with van der Waals surface area (Å²) in [6, 6.07) is 1.90. The number of hydrogen-bond acceptors (Lipinski definition) is 5. The minimum absolute atomic E-state index is 0.239. The predicted molar refractivity (Wildman–Crippen MR) is 81.7 cm³/mol. The first kappa shape index (κ1) is 13.6. The van der Waals surface area contributed by atoms with Crippen LogP contribution in [0.25, 0.3) is 11.1 Å². The Labute approximate surface area is 123 Å². The topological polar surface area (TPSA) is 75.3 Å². The van der Waals surface area contributed by atoms with E-state index in [4.69, 9.17) is 10.1 Å². The minimum Gasteiger partial charge on any atom is -0.473 e. The van der Waals surface area contributed by atoms with Gasteiger partial charge in [-0.3, -0.25) is 0 Å². The zero-order valence-electron chi connectivity index (χ0n) is 12.0. The predicted octanol–water partition coefficient (Wildman–Crippen LogP) is 2.26. The van der Waals surface area contributed by atoms with Crippen LogP contribution in [0.15, 0.2) is 24.7 Å². The molecule has 1 saturated carbocycles. The number of rotatable bonds is 5. The fraction of sp³-hybridized carbons (Fsp3) is 0.400. The zero-order valence-corrected chi connectivity index (χ0v) is 12.0. The van der Waals surface area contributed by atoms with Crippen molar-refractivity contribution in [1.82, 2.24) is 19.9 Å². The molecular weight excluding hydrogens is 266 g/mol. The summed E-state index contributed by atoms with van der Waals surface area (Å²) in [7, 11) is 1.80. The van der Waals surface area contributed by atoms with E-state index in [0.29, 0.717) is 17.1 Å². The molecule has 2 aromatic rings. The molecular formula is C15H19N5O. The molecule has 0 atom stereocenters. The Hall–Kier alpha value is -2.37. The van der Waals surface area contributed by atoms with Crippen molar-refractivity contribution in [2.24, 2.45) is 0 Å². The molecule has 1 aliphatic rings. The SMILES string of the molecule is CN/C=C(\C=N)c1cn2nccc2c(OC2CCCC2)n1. The molecule has 2 N–H and O–H groups in total. The lowest BCUT2D eigenvalue weighted by atomic mass is 10.2. The quantitative estimate of drug-likeness (QED) is 0.826. The first-order valence-electron chi connectivity index (χ1n) is 7.21. The van der Waals surface area contributed by atoms with Crippen LogP contribution < -0.4 is 10.1 Å². The third kappa shape index (κ3) is 2.74. The van der Waals surface area contributed by atoms with Gasteiger partial charge in [0.2, 0.25) is 5.88 Å². The van der Waals surface area contributed by atoms with Crippen LogP contribution in [0.5, 0.6) is 5.88 Å². The molecule has 1 fully saturated rings. The van der Waals surface area contributed by atoms with Crippen LogP contribution in [0.2, 0.25) is 0 Å². The summed E-state index contributed by atoms with van der Waals surface area (Å²) in [6.45, 7) is 0. The van der Waals surface area contributed by atoms with E-state index in [-0.39, 0.29) is 6.10 Å². The molecule has 0 bridgehead atoms. The van der Waals surface area contributed by atoms with Crippen molar-refractivity contribution < 1.29 is 4.74 Å². The van der Waals surface area contributed by atoms with E-state index in [9.17, 15) is 0 Å². The van der Waals surface area contributed by atoms with Crippen molar-refractivity contribution in [3.63, 3.8) is 0 Å². The van der Waals surface area contributed by atoms with E-state index in [1.165, 1.54) is 19.1 Å². The van der Waals surface area contributed by atoms with Crippen LogP contribution in [0.4, 0.5) is 0 Å². The van der Waals surface area contributed by atoms with Crippen LogP contribution in [0, 0.1) is 5.41 Å². The van der Waals surface area contributed by atoms with Gasteiger partial charge >= 0.3 is 0 Å². The number of allylic oxidation sites excluding steroid dienone is 1. The highest BCUT2D eigenvalue weighted by atomic mass is 16.5. The normalized spacial score (nSPS) is 16.3. The van der Waals surface area contributed by atoms with Gasteiger partial charge in [-0.15, -0.1) is 0 Å². The molecule has 21 heavy (non-hydrogen) atoms. The Morgan fingerprint density at radius 1 is 1.48 bits per heavy atom. The van der Waals surface area contributed by atoms with Crippen molar-refractivity contribution in [3.05, 3.63) is 30.4 Å². The van der Waals surface area contributed by atoms with Gasteiger partial charge in [0, 0.05) is 25.0 Å². The van der Waals surface area contributed by atoms with Crippen LogP contribution in [0.3, 0.4) is 0 Å². The second-order valence-corrected chi connectivity index (χ2v) is 5.15. The second-order valence-electron chi connectivity index (χ2n) is 5.15. The van der Waals surface area contributed by atoms with Crippen LogP contribution in [0.1, 0.15) is 31.4 Å². The van der Waals surface area contributed by atoms with E-state index in [0.717, 1.165) is 18.4 Å². The van der Waals surface area contributed by atoms with Gasteiger partial charge in [-0.05, 0) is 31.7 Å². The van der Waals surface area contributed by atoms with Crippen molar-refractivity contribution in [2.45, 2.75) is 31.8 Å². The van der Waals surface area contributed by atoms with Gasteiger partial charge in [-0.2, -0.15) is 5.10 Å². The number of hydrogen-bond donors (Lipinski definition) is 2. The van der Waals surface area contributed by atoms with E-state index >= 15 is 0 Å². The molecule has 0 aromatic carbocycles. The van der Waals surface area contributed by atoms with Gasteiger partial charge in [-0.1, -0.05) is 0 Å². The number of ether oxygens (including phenoxy) is 1. The highest BCUT2D eigenvalue weighted by Crippen LogP contribution is 2.27. The smallest absolute Gasteiger partial charge is 0.240 e. The molecule has 0 amide bonds. The molecule has 0 saturated heterocycles. The maximum atomic E-state index is 7.52. The van der Waals surface area contributed by atoms with E-state index < -0.39 is 0 Å². The van der Waals surface area contributed by atoms with E-state index in [2.05, 4.69) is 15.4 Å². The van der Waals surface area contributed by atoms with E-state index in [1.54, 1.807) is 24.0 Å². The lowest BCUT2D eigenvalue weighted by Crippen LogP contribution is -2.13. The van der Waals surface area contributed by atoms with Crippen LogP contribution >= 0.6 is 0 Å². The molecule has 6 nitrogen and oxygen atoms in total. The number of nitrogens with zero attached hydrogens (tertiary/aromatic N) is 3. The first-order valence-corrected chi connectivity index (χ1v) is 7.21. The second kappa shape index (κ2) is 5.95. The molecule has 2 aromatic heterocycles. The highest BCUT2D eigenvalue weighted by Gasteiger charge is 2.19. The highest BCUT2D eigenvalue weighted by molar-refractivity contribution is 6.07. The summed E-state index contributed by atoms with van der Waals surface area (Å²) in [5.74, 6) is 0.598. The largest absolute Gasteiger partial charge is 0.473 e. The average Bonchev–Trinajstić information content (AvgIpc) is 3.15. The summed E-state index contributed by atoms with van der Waals surface area (Å²) in [5, 5.41) is 14.7. The summed E-state index contributed by atoms with van der Waals surface area (Å²) < 4.78 is 7.82. The fourth-order valence-corrected chi connectivity index (χ4v) is 2.63. The Kier molecular flexibility index (Phi) is 3.85. The zero-order chi connectivity index (χ0) is 14.7. The summed E-state index contributed by atoms with van der Waals surface area (Å²) in [4.78, 5) is 4.58. The van der Waals surface area contributed by atoms with Gasteiger partial charge in [0.05, 0.1) is 18.1 Å². The molecule has 0 radical (unpaired) electrons. The monoisotopic (exact) mass is 285 g/mol. The minimum atomic E-state index is 0.239. The maximum Gasteiger partial charge on any atom is 0.240 e. The Balaban J connectivity index is 2.02. The van der Waals surface area contributed by atoms with Crippen molar-refractivity contribution in [2.75, 3.05) is 7.05 Å². The fourth-order valence-electron chi connectivity index (χ4n) is 2.63. The van der Waals surface area contributed by atoms with Crippen molar-refractivity contribution in [1.29, 1.82) is 5.41 Å². The van der Waals surface area contributed by atoms with Gasteiger partial charge in [0.25, 0.3) is 0 Å². The molecule has 2 heterocycles. The van der Waals surface area contributed by atoms with E-state index in [1.807, 2.05) is 12.3 Å². The average molecular weight is 285 g/mol. The van der Waals surface area contributed by atoms with Crippen molar-refractivity contribution >= 4 is 17.3 Å². The van der Waals surface area contributed by atoms with Gasteiger partial charge < -0.3 is 15.5 Å². The summed E-state index contributed by atoms with van der Waals surface area (Å²) in [5.41, 5.74) is 2.22. The van der Waals surface area contributed by atoms with Crippen molar-refractivity contribution in [3.8, 4) is 5.88 Å². The molecule has 1 aliphatic carbocycles. The number of nitrogens with one attached hydrogen (secondary N) is 2. The lowest BCUT2D eigenvalue weighted by Gasteiger charge is -2.14. The van der Waals surface area contributed by atoms with Crippen LogP contribution in [-0.4, -0.2) is 34.0 Å². The van der Waals surface area contributed by atoms with Crippen LogP contribution in [-0.2, 0) is 0 Å². The Morgan fingerprint density at radius 3 is 3.00 bits per heavy atom. The Morgan fingerprint density at radius 2 is 2.29 bits per heavy atom. The summed E-state index contributed by atoms with van der Waals surface area (Å²) >= 11 is 0. The lowest BCUT2D eigenvalue weighted by molar-refractivity contribution is 0.203. The standard InChI is InChI=1S/C15H19N5O/c1-17-9-11(8-16)13-10-20-14(6-7-18-20)15(19-13)21-12-4-2-3-5-12/h6-10,12,16-17H,2-5H2,1H3/b11-9+,16-8?.